The molecule has 0 unspecified atom stereocenters. The van der Waals surface area contributed by atoms with Crippen molar-refractivity contribution in [3.8, 4) is 5.75 Å². The Morgan fingerprint density at radius 1 is 1.25 bits per heavy atom. The molecular formula is C17H19NO6. The van der Waals surface area contributed by atoms with Gasteiger partial charge in [-0.1, -0.05) is 0 Å². The summed E-state index contributed by atoms with van der Waals surface area (Å²) in [5.74, 6) is -0.969. The van der Waals surface area contributed by atoms with E-state index in [4.69, 9.17) is 14.3 Å². The molecular weight excluding hydrogens is 314 g/mol. The summed E-state index contributed by atoms with van der Waals surface area (Å²) in [7, 11) is 2.91. The minimum absolute atomic E-state index is 0.209. The van der Waals surface area contributed by atoms with Crippen molar-refractivity contribution in [2.75, 3.05) is 20.7 Å². The van der Waals surface area contributed by atoms with Gasteiger partial charge < -0.3 is 19.2 Å². The minimum Gasteiger partial charge on any atom is -0.496 e. The molecule has 0 aliphatic rings. The molecule has 0 radical (unpaired) electrons. The van der Waals surface area contributed by atoms with Crippen molar-refractivity contribution in [2.45, 2.75) is 20.3 Å². The lowest BCUT2D eigenvalue weighted by Crippen LogP contribution is -2.34. The Kier molecular flexibility index (Phi) is 4.92. The molecule has 0 atom stereocenters. The van der Waals surface area contributed by atoms with Gasteiger partial charge in [0.05, 0.1) is 19.1 Å². The van der Waals surface area contributed by atoms with Crippen LogP contribution in [-0.2, 0) is 16.0 Å². The monoisotopic (exact) mass is 333 g/mol. The number of ether oxygens (including phenoxy) is 1. The molecule has 0 saturated carbocycles. The number of likely N-dealkylation sites (N-methyl/N-ethyl adjacent to an activating group) is 1. The number of carboxylic acid groups (broad SMARTS) is 1. The maximum atomic E-state index is 12.3. The molecule has 1 heterocycles. The molecule has 0 bridgehead atoms. The number of fused-ring (bicyclic) bond motifs is 1. The number of carboxylic acids is 1. The third kappa shape index (κ3) is 3.24. The van der Waals surface area contributed by atoms with E-state index in [1.165, 1.54) is 14.2 Å². The van der Waals surface area contributed by atoms with Crippen LogP contribution >= 0.6 is 0 Å². The first-order chi connectivity index (χ1) is 11.3. The van der Waals surface area contributed by atoms with Gasteiger partial charge in [-0.3, -0.25) is 9.59 Å². The molecule has 0 aliphatic carbocycles. The van der Waals surface area contributed by atoms with Gasteiger partial charge in [-0.2, -0.15) is 0 Å². The predicted octanol–water partition coefficient (Wildman–Crippen LogP) is 1.50. The van der Waals surface area contributed by atoms with Crippen molar-refractivity contribution < 1.29 is 23.8 Å². The van der Waals surface area contributed by atoms with Crippen LogP contribution in [-0.4, -0.2) is 42.6 Å². The van der Waals surface area contributed by atoms with Gasteiger partial charge in [-0.25, -0.2) is 4.79 Å². The second-order valence-corrected chi connectivity index (χ2v) is 5.58. The zero-order valence-corrected chi connectivity index (χ0v) is 14.0. The Morgan fingerprint density at radius 3 is 2.50 bits per heavy atom. The van der Waals surface area contributed by atoms with Crippen LogP contribution in [0.15, 0.2) is 21.3 Å². The van der Waals surface area contributed by atoms with Crippen LogP contribution in [0, 0.1) is 13.8 Å². The predicted molar refractivity (Wildman–Crippen MR) is 87.5 cm³/mol. The third-order valence-electron chi connectivity index (χ3n) is 4.00. The van der Waals surface area contributed by atoms with Gasteiger partial charge >= 0.3 is 11.6 Å². The molecule has 7 nitrogen and oxygen atoms in total. The Balaban J connectivity index is 2.47. The van der Waals surface area contributed by atoms with E-state index in [1.54, 1.807) is 26.0 Å². The molecule has 24 heavy (non-hydrogen) atoms. The van der Waals surface area contributed by atoms with Crippen LogP contribution in [0.1, 0.15) is 16.7 Å². The molecule has 1 N–H and O–H groups in total. The summed E-state index contributed by atoms with van der Waals surface area (Å²) in [5, 5.41) is 9.46. The van der Waals surface area contributed by atoms with Gasteiger partial charge in [0.1, 0.15) is 17.9 Å². The molecule has 1 amide bonds. The highest BCUT2D eigenvalue weighted by Crippen LogP contribution is 2.29. The molecule has 0 saturated heterocycles. The first-order valence-electron chi connectivity index (χ1n) is 7.31. The summed E-state index contributed by atoms with van der Waals surface area (Å²) in [6.07, 6.45) is -0.209. The Hall–Kier alpha value is -2.83. The average Bonchev–Trinajstić information content (AvgIpc) is 2.51. The lowest BCUT2D eigenvalue weighted by atomic mass is 10.0. The van der Waals surface area contributed by atoms with E-state index < -0.39 is 24.0 Å². The zero-order chi connectivity index (χ0) is 18.0. The lowest BCUT2D eigenvalue weighted by Gasteiger charge is -2.16. The zero-order valence-electron chi connectivity index (χ0n) is 14.0. The van der Waals surface area contributed by atoms with Crippen molar-refractivity contribution >= 4 is 22.8 Å². The normalized spacial score (nSPS) is 10.7. The van der Waals surface area contributed by atoms with Crippen molar-refractivity contribution in [3.63, 3.8) is 0 Å². The van der Waals surface area contributed by atoms with Gasteiger partial charge in [0.25, 0.3) is 0 Å². The molecule has 0 spiro atoms. The number of aryl methyl sites for hydroxylation is 2. The van der Waals surface area contributed by atoms with E-state index in [0.717, 1.165) is 10.3 Å². The molecule has 0 aliphatic heterocycles. The number of nitrogens with zero attached hydrogens (tertiary/aromatic N) is 1. The summed E-state index contributed by atoms with van der Waals surface area (Å²) in [6, 6.07) is 3.54. The van der Waals surface area contributed by atoms with Gasteiger partial charge in [-0.15, -0.1) is 0 Å². The molecule has 0 fully saturated rings. The number of benzene rings is 1. The molecule has 1 aromatic heterocycles. The lowest BCUT2D eigenvalue weighted by molar-refractivity contribution is -0.143. The first-order valence-corrected chi connectivity index (χ1v) is 7.31. The standard InChI is InChI=1S/C17H19NO6/c1-9-11-5-6-13(23-4)10(2)16(11)24-17(22)12(9)7-14(19)18(3)8-15(20)21/h5-6H,7-8H2,1-4H3,(H,20,21). The number of carbonyl (C=O) groups excluding carboxylic acids is 1. The quantitative estimate of drug-likeness (QED) is 0.833. The topological polar surface area (TPSA) is 97.0 Å². The Labute approximate surface area is 138 Å². The largest absolute Gasteiger partial charge is 0.496 e. The summed E-state index contributed by atoms with van der Waals surface area (Å²) in [6.45, 7) is 3.10. The molecule has 128 valence electrons. The first kappa shape index (κ1) is 17.5. The number of amides is 1. The van der Waals surface area contributed by atoms with Crippen molar-refractivity contribution in [3.05, 3.63) is 39.2 Å². The number of carbonyl (C=O) groups is 2. The van der Waals surface area contributed by atoms with E-state index in [1.807, 2.05) is 0 Å². The highest BCUT2D eigenvalue weighted by molar-refractivity contribution is 5.88. The van der Waals surface area contributed by atoms with Crippen molar-refractivity contribution in [1.29, 1.82) is 0 Å². The molecule has 2 aromatic rings. The molecule has 1 aromatic carbocycles. The summed E-state index contributed by atoms with van der Waals surface area (Å²) in [4.78, 5) is 36.2. The number of hydrogen-bond acceptors (Lipinski definition) is 5. The minimum atomic E-state index is -1.11. The van der Waals surface area contributed by atoms with E-state index in [2.05, 4.69) is 0 Å². The summed E-state index contributed by atoms with van der Waals surface area (Å²) in [5.41, 5.74) is 1.40. The summed E-state index contributed by atoms with van der Waals surface area (Å²) >= 11 is 0. The fraction of sp³-hybridized carbons (Fsp3) is 0.353. The van der Waals surface area contributed by atoms with Crippen LogP contribution in [0.5, 0.6) is 5.75 Å². The summed E-state index contributed by atoms with van der Waals surface area (Å²) < 4.78 is 10.6. The fourth-order valence-corrected chi connectivity index (χ4v) is 2.57. The maximum Gasteiger partial charge on any atom is 0.340 e. The van der Waals surface area contributed by atoms with Crippen LogP contribution in [0.2, 0.25) is 0 Å². The SMILES string of the molecule is COc1ccc2c(C)c(CC(=O)N(C)CC(=O)O)c(=O)oc2c1C. The van der Waals surface area contributed by atoms with E-state index >= 15 is 0 Å². The second kappa shape index (κ2) is 6.74. The van der Waals surface area contributed by atoms with Crippen LogP contribution in [0.25, 0.3) is 11.0 Å². The van der Waals surface area contributed by atoms with Crippen molar-refractivity contribution in [2.24, 2.45) is 0 Å². The van der Waals surface area contributed by atoms with E-state index in [0.29, 0.717) is 22.5 Å². The number of hydrogen-bond donors (Lipinski definition) is 1. The van der Waals surface area contributed by atoms with Gasteiger partial charge in [0, 0.05) is 18.0 Å². The number of rotatable bonds is 5. The molecule has 2 rings (SSSR count). The van der Waals surface area contributed by atoms with E-state index in [9.17, 15) is 14.4 Å². The van der Waals surface area contributed by atoms with Crippen LogP contribution < -0.4 is 10.4 Å². The Morgan fingerprint density at radius 2 is 1.92 bits per heavy atom. The second-order valence-electron chi connectivity index (χ2n) is 5.58. The average molecular weight is 333 g/mol. The highest BCUT2D eigenvalue weighted by Gasteiger charge is 2.20. The molecule has 7 heteroatoms. The number of methoxy groups -OCH3 is 1. The van der Waals surface area contributed by atoms with Crippen molar-refractivity contribution in [1.82, 2.24) is 4.90 Å². The maximum absolute atomic E-state index is 12.3. The number of aliphatic carboxylic acids is 1. The fourth-order valence-electron chi connectivity index (χ4n) is 2.57. The van der Waals surface area contributed by atoms with E-state index in [-0.39, 0.29) is 12.0 Å². The van der Waals surface area contributed by atoms with Crippen LogP contribution in [0.4, 0.5) is 0 Å². The smallest absolute Gasteiger partial charge is 0.340 e. The van der Waals surface area contributed by atoms with Gasteiger partial charge in [0.15, 0.2) is 0 Å². The third-order valence-corrected chi connectivity index (χ3v) is 4.00. The Bertz CT molecular complexity index is 867. The van der Waals surface area contributed by atoms with Gasteiger partial charge in [0.2, 0.25) is 5.91 Å². The van der Waals surface area contributed by atoms with Crippen LogP contribution in [0.3, 0.4) is 0 Å². The highest BCUT2D eigenvalue weighted by atomic mass is 16.5. The van der Waals surface area contributed by atoms with Gasteiger partial charge in [-0.05, 0) is 31.5 Å².